The van der Waals surface area contributed by atoms with Gasteiger partial charge in [-0.3, -0.25) is 9.69 Å². The summed E-state index contributed by atoms with van der Waals surface area (Å²) in [6.45, 7) is 9.16. The van der Waals surface area contributed by atoms with Crippen LogP contribution in [0.5, 0.6) is 0 Å². The fourth-order valence-corrected chi connectivity index (χ4v) is 3.27. The van der Waals surface area contributed by atoms with E-state index in [-0.39, 0.29) is 23.9 Å². The first-order valence-corrected chi connectivity index (χ1v) is 8.67. The molecule has 134 valence electrons. The molecule has 1 amide bonds. The van der Waals surface area contributed by atoms with E-state index < -0.39 is 0 Å². The molecule has 0 saturated carbocycles. The molecule has 1 aliphatic heterocycles. The first kappa shape index (κ1) is 17.6. The molecule has 0 bridgehead atoms. The van der Waals surface area contributed by atoms with Crippen LogP contribution < -0.4 is 5.32 Å². The van der Waals surface area contributed by atoms with Gasteiger partial charge in [-0.25, -0.2) is 0 Å². The van der Waals surface area contributed by atoms with E-state index in [2.05, 4.69) is 41.4 Å². The fraction of sp³-hybridized carbons (Fsp3) is 0.474. The van der Waals surface area contributed by atoms with Crippen LogP contribution in [0.1, 0.15) is 41.2 Å². The minimum Gasteiger partial charge on any atom is -0.373 e. The Morgan fingerprint density at radius 3 is 2.56 bits per heavy atom. The van der Waals surface area contributed by atoms with Gasteiger partial charge in [-0.05, 0) is 31.9 Å². The first-order chi connectivity index (χ1) is 12.0. The highest BCUT2D eigenvalue weighted by molar-refractivity contribution is 5.91. The highest BCUT2D eigenvalue weighted by atomic mass is 16.5. The number of nitrogens with one attached hydrogen (secondary N) is 1. The van der Waals surface area contributed by atoms with E-state index in [9.17, 15) is 4.79 Å². The van der Waals surface area contributed by atoms with Crippen molar-refractivity contribution in [3.05, 3.63) is 52.9 Å². The zero-order valence-electron chi connectivity index (χ0n) is 15.0. The van der Waals surface area contributed by atoms with E-state index in [1.807, 2.05) is 12.1 Å². The number of hydrogen-bond donors (Lipinski definition) is 1. The standard InChI is InChI=1S/C19H25N3O3/c1-13-8-18(25-21-13)19(23)20-9-16-6-4-5-7-17(16)12-22-10-14(2)24-15(3)11-22/h4-8,14-15H,9-12H2,1-3H3,(H,20,23)/t14-,15-/m0/s1. The molecule has 6 heteroatoms. The van der Waals surface area contributed by atoms with Crippen molar-refractivity contribution < 1.29 is 14.1 Å². The van der Waals surface area contributed by atoms with Gasteiger partial charge in [0.1, 0.15) is 0 Å². The van der Waals surface area contributed by atoms with E-state index in [0.29, 0.717) is 12.2 Å². The molecule has 1 saturated heterocycles. The lowest BCUT2D eigenvalue weighted by atomic mass is 10.1. The molecule has 6 nitrogen and oxygen atoms in total. The first-order valence-electron chi connectivity index (χ1n) is 8.67. The molecule has 0 spiro atoms. The van der Waals surface area contributed by atoms with Crippen LogP contribution in [0.2, 0.25) is 0 Å². The lowest BCUT2D eigenvalue weighted by molar-refractivity contribution is -0.0705. The summed E-state index contributed by atoms with van der Waals surface area (Å²) in [7, 11) is 0. The zero-order chi connectivity index (χ0) is 17.8. The Morgan fingerprint density at radius 2 is 1.92 bits per heavy atom. The third kappa shape index (κ3) is 4.67. The number of ether oxygens (including phenoxy) is 1. The molecule has 1 fully saturated rings. The van der Waals surface area contributed by atoms with Gasteiger partial charge in [-0.2, -0.15) is 0 Å². The summed E-state index contributed by atoms with van der Waals surface area (Å²) in [4.78, 5) is 14.5. The van der Waals surface area contributed by atoms with Crippen LogP contribution in [0.15, 0.2) is 34.9 Å². The highest BCUT2D eigenvalue weighted by Crippen LogP contribution is 2.17. The number of benzene rings is 1. The van der Waals surface area contributed by atoms with Crippen molar-refractivity contribution in [3.8, 4) is 0 Å². The van der Waals surface area contributed by atoms with Crippen molar-refractivity contribution in [3.63, 3.8) is 0 Å². The number of hydrogen-bond acceptors (Lipinski definition) is 5. The minimum atomic E-state index is -0.246. The van der Waals surface area contributed by atoms with Gasteiger partial charge in [0, 0.05) is 32.2 Å². The Balaban J connectivity index is 1.63. The van der Waals surface area contributed by atoms with Gasteiger partial charge in [0.25, 0.3) is 5.91 Å². The predicted molar refractivity (Wildman–Crippen MR) is 94.1 cm³/mol. The van der Waals surface area contributed by atoms with Crippen LogP contribution in [0.25, 0.3) is 0 Å². The number of nitrogens with zero attached hydrogens (tertiary/aromatic N) is 2. The molecule has 25 heavy (non-hydrogen) atoms. The molecule has 2 aromatic rings. The van der Waals surface area contributed by atoms with Crippen LogP contribution in [0.4, 0.5) is 0 Å². The third-order valence-electron chi connectivity index (χ3n) is 4.30. The highest BCUT2D eigenvalue weighted by Gasteiger charge is 2.22. The van der Waals surface area contributed by atoms with Crippen molar-refractivity contribution in [2.45, 2.75) is 46.1 Å². The summed E-state index contributed by atoms with van der Waals surface area (Å²) >= 11 is 0. The Kier molecular flexibility index (Phi) is 5.50. The number of amides is 1. The van der Waals surface area contributed by atoms with Gasteiger partial charge in [-0.1, -0.05) is 29.4 Å². The maximum Gasteiger partial charge on any atom is 0.290 e. The number of aryl methyl sites for hydroxylation is 1. The van der Waals surface area contributed by atoms with Crippen LogP contribution in [-0.2, 0) is 17.8 Å². The topological polar surface area (TPSA) is 67.6 Å². The van der Waals surface area contributed by atoms with Crippen molar-refractivity contribution in [2.75, 3.05) is 13.1 Å². The van der Waals surface area contributed by atoms with Gasteiger partial charge < -0.3 is 14.6 Å². The number of carbonyl (C=O) groups excluding carboxylic acids is 1. The molecule has 0 radical (unpaired) electrons. The molecular formula is C19H25N3O3. The molecule has 2 heterocycles. The van der Waals surface area contributed by atoms with Gasteiger partial charge in [0.15, 0.2) is 0 Å². The quantitative estimate of drug-likeness (QED) is 0.903. The van der Waals surface area contributed by atoms with E-state index in [0.717, 1.165) is 25.2 Å². The molecule has 0 aliphatic carbocycles. The molecule has 1 N–H and O–H groups in total. The summed E-state index contributed by atoms with van der Waals surface area (Å²) in [6.07, 6.45) is 0.482. The van der Waals surface area contributed by atoms with Crippen LogP contribution in [-0.4, -0.2) is 41.3 Å². The molecule has 0 unspecified atom stereocenters. The lowest BCUT2D eigenvalue weighted by Gasteiger charge is -2.35. The minimum absolute atomic E-state index is 0.241. The molecule has 2 atom stereocenters. The third-order valence-corrected chi connectivity index (χ3v) is 4.30. The number of rotatable bonds is 5. The van der Waals surface area contributed by atoms with Crippen molar-refractivity contribution in [1.82, 2.24) is 15.4 Å². The average Bonchev–Trinajstić information content (AvgIpc) is 2.99. The molecule has 1 aliphatic rings. The predicted octanol–water partition coefficient (Wildman–Crippen LogP) is 2.52. The fourth-order valence-electron chi connectivity index (χ4n) is 3.27. The average molecular weight is 343 g/mol. The van der Waals surface area contributed by atoms with E-state index in [1.165, 1.54) is 5.56 Å². The Labute approximate surface area is 148 Å². The summed E-state index contributed by atoms with van der Waals surface area (Å²) in [5, 5.41) is 6.66. The Hall–Kier alpha value is -2.18. The van der Waals surface area contributed by atoms with Gasteiger partial charge in [-0.15, -0.1) is 0 Å². The van der Waals surface area contributed by atoms with Gasteiger partial charge in [0.05, 0.1) is 17.9 Å². The maximum absolute atomic E-state index is 12.1. The zero-order valence-corrected chi connectivity index (χ0v) is 15.0. The molecule has 1 aromatic heterocycles. The second-order valence-corrected chi connectivity index (χ2v) is 6.74. The molecule has 1 aromatic carbocycles. The van der Waals surface area contributed by atoms with Crippen LogP contribution in [0, 0.1) is 6.92 Å². The second kappa shape index (κ2) is 7.80. The van der Waals surface area contributed by atoms with Gasteiger partial charge in [0.2, 0.25) is 5.76 Å². The number of carbonyl (C=O) groups is 1. The van der Waals surface area contributed by atoms with Crippen molar-refractivity contribution >= 4 is 5.91 Å². The summed E-state index contributed by atoms with van der Waals surface area (Å²) in [5.74, 6) is -0.00479. The number of aromatic nitrogens is 1. The Bertz CT molecular complexity index is 718. The summed E-state index contributed by atoms with van der Waals surface area (Å²) < 4.78 is 10.8. The normalized spacial score (nSPS) is 21.2. The molecular weight excluding hydrogens is 318 g/mol. The van der Waals surface area contributed by atoms with Crippen molar-refractivity contribution in [1.29, 1.82) is 0 Å². The van der Waals surface area contributed by atoms with Crippen molar-refractivity contribution in [2.24, 2.45) is 0 Å². The lowest BCUT2D eigenvalue weighted by Crippen LogP contribution is -2.45. The second-order valence-electron chi connectivity index (χ2n) is 6.74. The van der Waals surface area contributed by atoms with Gasteiger partial charge >= 0.3 is 0 Å². The SMILES string of the molecule is Cc1cc(C(=O)NCc2ccccc2CN2C[C@H](C)O[C@@H](C)C2)on1. The van der Waals surface area contributed by atoms with E-state index in [4.69, 9.17) is 9.26 Å². The molecule has 3 rings (SSSR count). The summed E-state index contributed by atoms with van der Waals surface area (Å²) in [5.41, 5.74) is 3.03. The smallest absolute Gasteiger partial charge is 0.290 e. The van der Waals surface area contributed by atoms with E-state index >= 15 is 0 Å². The maximum atomic E-state index is 12.1. The monoisotopic (exact) mass is 343 g/mol. The Morgan fingerprint density at radius 1 is 1.24 bits per heavy atom. The van der Waals surface area contributed by atoms with Crippen LogP contribution in [0.3, 0.4) is 0 Å². The largest absolute Gasteiger partial charge is 0.373 e. The number of morpholine rings is 1. The summed E-state index contributed by atoms with van der Waals surface area (Å²) in [6, 6.07) is 9.83. The van der Waals surface area contributed by atoms with Crippen LogP contribution >= 0.6 is 0 Å². The van der Waals surface area contributed by atoms with E-state index in [1.54, 1.807) is 13.0 Å².